The van der Waals surface area contributed by atoms with Crippen LogP contribution in [0.4, 0.5) is 0 Å². The van der Waals surface area contributed by atoms with E-state index in [4.69, 9.17) is 0 Å². The maximum atomic E-state index is 4.21. The Hall–Kier alpha value is -1.57. The molecule has 0 N–H and O–H groups in total. The molecule has 72 valence electrons. The fourth-order valence-corrected chi connectivity index (χ4v) is 1.54. The highest BCUT2D eigenvalue weighted by Crippen LogP contribution is 2.09. The van der Waals surface area contributed by atoms with Crippen LogP contribution in [0.5, 0.6) is 0 Å². The third-order valence-electron chi connectivity index (χ3n) is 2.53. The van der Waals surface area contributed by atoms with E-state index in [-0.39, 0.29) is 0 Å². The van der Waals surface area contributed by atoms with Crippen molar-refractivity contribution in [2.75, 3.05) is 0 Å². The van der Waals surface area contributed by atoms with Crippen molar-refractivity contribution in [3.05, 3.63) is 53.6 Å². The molecule has 0 aliphatic rings. The second-order valence-corrected chi connectivity index (χ2v) is 3.53. The van der Waals surface area contributed by atoms with Gasteiger partial charge in [-0.2, -0.15) is 0 Å². The van der Waals surface area contributed by atoms with E-state index >= 15 is 0 Å². The summed E-state index contributed by atoms with van der Waals surface area (Å²) in [6.07, 6.45) is 3.86. The molecule has 0 amide bonds. The Bertz CT molecular complexity index is 429. The van der Waals surface area contributed by atoms with Crippen molar-refractivity contribution in [3.8, 4) is 0 Å². The predicted molar refractivity (Wildman–Crippen MR) is 57.2 cm³/mol. The molecule has 2 heteroatoms. The minimum atomic E-state index is 0.915. The van der Waals surface area contributed by atoms with Crippen molar-refractivity contribution in [1.82, 2.24) is 9.55 Å². The van der Waals surface area contributed by atoms with Crippen LogP contribution in [0.25, 0.3) is 0 Å². The van der Waals surface area contributed by atoms with E-state index in [0.29, 0.717) is 0 Å². The zero-order chi connectivity index (χ0) is 9.97. The van der Waals surface area contributed by atoms with Crippen LogP contribution in [-0.4, -0.2) is 9.55 Å². The average Bonchev–Trinajstić information content (AvgIpc) is 2.56. The molecular formula is C12H14N2. The lowest BCUT2D eigenvalue weighted by molar-refractivity contribution is 0.758. The van der Waals surface area contributed by atoms with Gasteiger partial charge in [-0.3, -0.25) is 0 Å². The van der Waals surface area contributed by atoms with Crippen molar-refractivity contribution in [2.45, 2.75) is 20.4 Å². The number of imidazole rings is 1. The molecule has 0 aliphatic heterocycles. The first kappa shape index (κ1) is 9.00. The second kappa shape index (κ2) is 3.66. The van der Waals surface area contributed by atoms with Crippen molar-refractivity contribution in [2.24, 2.45) is 0 Å². The lowest BCUT2D eigenvalue weighted by Gasteiger charge is -2.07. The maximum absolute atomic E-state index is 4.21. The zero-order valence-corrected chi connectivity index (χ0v) is 8.57. The molecule has 2 aromatic rings. The fraction of sp³-hybridized carbons (Fsp3) is 0.250. The topological polar surface area (TPSA) is 17.8 Å². The van der Waals surface area contributed by atoms with E-state index < -0.39 is 0 Å². The molecule has 0 bridgehead atoms. The van der Waals surface area contributed by atoms with Crippen LogP contribution in [0.3, 0.4) is 0 Å². The lowest BCUT2D eigenvalue weighted by Crippen LogP contribution is -2.02. The summed E-state index contributed by atoms with van der Waals surface area (Å²) in [4.78, 5) is 4.21. The van der Waals surface area contributed by atoms with Gasteiger partial charge in [0.05, 0.1) is 0 Å². The number of rotatable bonds is 2. The van der Waals surface area contributed by atoms with E-state index in [1.807, 2.05) is 19.3 Å². The molecule has 0 fully saturated rings. The Kier molecular flexibility index (Phi) is 2.35. The molecule has 1 aromatic heterocycles. The average molecular weight is 186 g/mol. The summed E-state index contributed by atoms with van der Waals surface area (Å²) < 4.78 is 2.16. The van der Waals surface area contributed by atoms with Gasteiger partial charge in [-0.15, -0.1) is 0 Å². The molecule has 14 heavy (non-hydrogen) atoms. The molecule has 0 spiro atoms. The van der Waals surface area contributed by atoms with E-state index in [0.717, 1.165) is 12.4 Å². The molecule has 2 nitrogen and oxygen atoms in total. The summed E-state index contributed by atoms with van der Waals surface area (Å²) in [5, 5.41) is 0. The summed E-state index contributed by atoms with van der Waals surface area (Å²) in [6.45, 7) is 5.08. The van der Waals surface area contributed by atoms with Gasteiger partial charge >= 0.3 is 0 Å². The van der Waals surface area contributed by atoms with Crippen LogP contribution in [0, 0.1) is 13.8 Å². The molecule has 1 heterocycles. The summed E-state index contributed by atoms with van der Waals surface area (Å²) in [7, 11) is 0. The molecular weight excluding hydrogens is 172 g/mol. The highest BCUT2D eigenvalue weighted by molar-refractivity contribution is 5.25. The van der Waals surface area contributed by atoms with Gasteiger partial charge in [-0.05, 0) is 25.0 Å². The Morgan fingerprint density at radius 2 is 2.00 bits per heavy atom. The largest absolute Gasteiger partial charge is 0.331 e. The Morgan fingerprint density at radius 1 is 1.21 bits per heavy atom. The molecule has 1 aromatic carbocycles. The first-order chi connectivity index (χ1) is 6.77. The number of hydrogen-bond donors (Lipinski definition) is 0. The smallest absolute Gasteiger partial charge is 0.105 e. The minimum Gasteiger partial charge on any atom is -0.331 e. The highest BCUT2D eigenvalue weighted by atomic mass is 15.0. The predicted octanol–water partition coefficient (Wildman–Crippen LogP) is 2.55. The van der Waals surface area contributed by atoms with Gasteiger partial charge in [0, 0.05) is 18.9 Å². The Labute approximate surface area is 84.2 Å². The van der Waals surface area contributed by atoms with Crippen LogP contribution >= 0.6 is 0 Å². The Balaban J connectivity index is 2.28. The molecule has 0 atom stereocenters. The lowest BCUT2D eigenvalue weighted by atomic mass is 10.1. The number of nitrogens with zero attached hydrogens (tertiary/aromatic N) is 2. The SMILES string of the molecule is Cc1ccccc1Cn1ccnc1C. The normalized spacial score (nSPS) is 10.4. The molecule has 0 radical (unpaired) electrons. The number of aromatic nitrogens is 2. The fourth-order valence-electron chi connectivity index (χ4n) is 1.54. The van der Waals surface area contributed by atoms with Gasteiger partial charge in [0.25, 0.3) is 0 Å². The summed E-state index contributed by atoms with van der Waals surface area (Å²) >= 11 is 0. The van der Waals surface area contributed by atoms with Crippen LogP contribution in [0.2, 0.25) is 0 Å². The van der Waals surface area contributed by atoms with Crippen molar-refractivity contribution in [1.29, 1.82) is 0 Å². The molecule has 2 rings (SSSR count). The minimum absolute atomic E-state index is 0.915. The van der Waals surface area contributed by atoms with Crippen LogP contribution in [0.15, 0.2) is 36.7 Å². The summed E-state index contributed by atoms with van der Waals surface area (Å²) in [5.41, 5.74) is 2.69. The third kappa shape index (κ3) is 1.69. The van der Waals surface area contributed by atoms with Gasteiger partial charge in [0.15, 0.2) is 0 Å². The standard InChI is InChI=1S/C12H14N2/c1-10-5-3-4-6-12(10)9-14-8-7-13-11(14)2/h3-8H,9H2,1-2H3. The number of hydrogen-bond acceptors (Lipinski definition) is 1. The summed E-state index contributed by atoms with van der Waals surface area (Å²) in [5.74, 6) is 1.06. The first-order valence-electron chi connectivity index (χ1n) is 4.79. The summed E-state index contributed by atoms with van der Waals surface area (Å²) in [6, 6.07) is 8.45. The Morgan fingerprint density at radius 3 is 2.64 bits per heavy atom. The van der Waals surface area contributed by atoms with Crippen molar-refractivity contribution < 1.29 is 0 Å². The van der Waals surface area contributed by atoms with Crippen LogP contribution in [-0.2, 0) is 6.54 Å². The molecule has 0 aliphatic carbocycles. The maximum Gasteiger partial charge on any atom is 0.105 e. The van der Waals surface area contributed by atoms with Gasteiger partial charge in [0.1, 0.15) is 5.82 Å². The van der Waals surface area contributed by atoms with Crippen LogP contribution < -0.4 is 0 Å². The number of benzene rings is 1. The van der Waals surface area contributed by atoms with Crippen molar-refractivity contribution >= 4 is 0 Å². The second-order valence-electron chi connectivity index (χ2n) is 3.53. The zero-order valence-electron chi connectivity index (χ0n) is 8.57. The van der Waals surface area contributed by atoms with Crippen molar-refractivity contribution in [3.63, 3.8) is 0 Å². The number of aryl methyl sites for hydroxylation is 2. The monoisotopic (exact) mass is 186 g/mol. The van der Waals surface area contributed by atoms with Gasteiger partial charge in [-0.25, -0.2) is 4.98 Å². The van der Waals surface area contributed by atoms with Gasteiger partial charge < -0.3 is 4.57 Å². The van der Waals surface area contributed by atoms with E-state index in [2.05, 4.69) is 40.7 Å². The van der Waals surface area contributed by atoms with Crippen LogP contribution in [0.1, 0.15) is 17.0 Å². The van der Waals surface area contributed by atoms with E-state index in [1.54, 1.807) is 0 Å². The van der Waals surface area contributed by atoms with E-state index in [9.17, 15) is 0 Å². The third-order valence-corrected chi connectivity index (χ3v) is 2.53. The van der Waals surface area contributed by atoms with Gasteiger partial charge in [-0.1, -0.05) is 24.3 Å². The first-order valence-corrected chi connectivity index (χ1v) is 4.79. The highest BCUT2D eigenvalue weighted by Gasteiger charge is 2.00. The van der Waals surface area contributed by atoms with Gasteiger partial charge in [0.2, 0.25) is 0 Å². The molecule has 0 unspecified atom stereocenters. The quantitative estimate of drug-likeness (QED) is 0.704. The molecule has 0 saturated heterocycles. The van der Waals surface area contributed by atoms with E-state index in [1.165, 1.54) is 11.1 Å². The molecule has 0 saturated carbocycles.